The molecule has 1 fully saturated rings. The number of rotatable bonds is 2. The average Bonchev–Trinajstić information content (AvgIpc) is 2.74. The van der Waals surface area contributed by atoms with E-state index in [0.717, 1.165) is 31.5 Å². The van der Waals surface area contributed by atoms with Gasteiger partial charge in [-0.05, 0) is 37.6 Å². The highest BCUT2D eigenvalue weighted by Crippen LogP contribution is 2.23. The molecule has 4 heteroatoms. The number of halogens is 2. The maximum Gasteiger partial charge on any atom is 0.128 e. The molecule has 2 unspecified atom stereocenters. The minimum absolute atomic E-state index is 0.0568. The van der Waals surface area contributed by atoms with Crippen LogP contribution in [0.25, 0.3) is 0 Å². The molecule has 0 bridgehead atoms. The standard InChI is InChI=1S/C11H14F2N2/c12-7-3-4-9(13)8(6-7)11(14)10-2-1-5-15-10/h3-4,6,10-11,15H,1-2,5,14H2. The van der Waals surface area contributed by atoms with Crippen LogP contribution in [0.2, 0.25) is 0 Å². The quantitative estimate of drug-likeness (QED) is 0.783. The van der Waals surface area contributed by atoms with Gasteiger partial charge in [-0.25, -0.2) is 8.78 Å². The molecule has 0 aromatic heterocycles. The summed E-state index contributed by atoms with van der Waals surface area (Å²) in [5.74, 6) is -0.877. The maximum absolute atomic E-state index is 13.4. The molecule has 15 heavy (non-hydrogen) atoms. The first-order valence-electron chi connectivity index (χ1n) is 5.12. The van der Waals surface area contributed by atoms with E-state index in [9.17, 15) is 8.78 Å². The molecule has 1 aliphatic heterocycles. The molecular formula is C11H14F2N2. The van der Waals surface area contributed by atoms with E-state index in [-0.39, 0.29) is 11.6 Å². The summed E-state index contributed by atoms with van der Waals surface area (Å²) in [6.07, 6.45) is 1.95. The Labute approximate surface area is 87.5 Å². The van der Waals surface area contributed by atoms with Crippen molar-refractivity contribution < 1.29 is 8.78 Å². The highest BCUT2D eigenvalue weighted by Gasteiger charge is 2.24. The zero-order valence-electron chi connectivity index (χ0n) is 8.34. The minimum Gasteiger partial charge on any atom is -0.323 e. The molecule has 0 saturated carbocycles. The van der Waals surface area contributed by atoms with Crippen molar-refractivity contribution in [2.24, 2.45) is 5.73 Å². The van der Waals surface area contributed by atoms with Crippen LogP contribution in [0.4, 0.5) is 8.78 Å². The molecule has 82 valence electrons. The van der Waals surface area contributed by atoms with Crippen LogP contribution < -0.4 is 11.1 Å². The van der Waals surface area contributed by atoms with Crippen molar-refractivity contribution in [3.8, 4) is 0 Å². The summed E-state index contributed by atoms with van der Waals surface area (Å²) < 4.78 is 26.4. The van der Waals surface area contributed by atoms with Gasteiger partial charge in [0.2, 0.25) is 0 Å². The lowest BCUT2D eigenvalue weighted by atomic mass is 9.98. The van der Waals surface area contributed by atoms with Crippen molar-refractivity contribution in [3.05, 3.63) is 35.4 Å². The first-order chi connectivity index (χ1) is 7.18. The van der Waals surface area contributed by atoms with Crippen molar-refractivity contribution in [2.75, 3.05) is 6.54 Å². The van der Waals surface area contributed by atoms with Crippen LogP contribution in [0, 0.1) is 11.6 Å². The third kappa shape index (κ3) is 2.16. The molecule has 1 aliphatic rings. The predicted octanol–water partition coefficient (Wildman–Crippen LogP) is 1.72. The first-order valence-corrected chi connectivity index (χ1v) is 5.12. The highest BCUT2D eigenvalue weighted by molar-refractivity contribution is 5.23. The van der Waals surface area contributed by atoms with E-state index in [1.165, 1.54) is 6.07 Å². The normalized spacial score (nSPS) is 23.0. The smallest absolute Gasteiger partial charge is 0.128 e. The number of benzene rings is 1. The zero-order chi connectivity index (χ0) is 10.8. The molecule has 2 rings (SSSR count). The van der Waals surface area contributed by atoms with Gasteiger partial charge in [0, 0.05) is 17.6 Å². The third-order valence-electron chi connectivity index (χ3n) is 2.85. The van der Waals surface area contributed by atoms with Gasteiger partial charge in [0.05, 0.1) is 0 Å². The largest absolute Gasteiger partial charge is 0.323 e. The fourth-order valence-electron chi connectivity index (χ4n) is 2.00. The van der Waals surface area contributed by atoms with Crippen LogP contribution in [0.1, 0.15) is 24.4 Å². The lowest BCUT2D eigenvalue weighted by Gasteiger charge is -2.20. The minimum atomic E-state index is -0.469. The van der Waals surface area contributed by atoms with Gasteiger partial charge in [-0.1, -0.05) is 0 Å². The monoisotopic (exact) mass is 212 g/mol. The van der Waals surface area contributed by atoms with E-state index in [0.29, 0.717) is 0 Å². The molecular weight excluding hydrogens is 198 g/mol. The molecule has 0 radical (unpaired) electrons. The Hall–Kier alpha value is -1.00. The fraction of sp³-hybridized carbons (Fsp3) is 0.455. The lowest BCUT2D eigenvalue weighted by Crippen LogP contribution is -2.34. The van der Waals surface area contributed by atoms with Crippen molar-refractivity contribution in [1.82, 2.24) is 5.32 Å². The predicted molar refractivity (Wildman–Crippen MR) is 54.3 cm³/mol. The molecule has 1 saturated heterocycles. The molecule has 0 aliphatic carbocycles. The van der Waals surface area contributed by atoms with E-state index in [1.807, 2.05) is 0 Å². The summed E-state index contributed by atoms with van der Waals surface area (Å²) in [5, 5.41) is 3.19. The van der Waals surface area contributed by atoms with E-state index >= 15 is 0 Å². The van der Waals surface area contributed by atoms with Gasteiger partial charge < -0.3 is 11.1 Å². The summed E-state index contributed by atoms with van der Waals surface area (Å²) >= 11 is 0. The molecule has 1 aromatic rings. The lowest BCUT2D eigenvalue weighted by molar-refractivity contribution is 0.473. The second-order valence-electron chi connectivity index (χ2n) is 3.89. The van der Waals surface area contributed by atoms with Crippen molar-refractivity contribution in [3.63, 3.8) is 0 Å². The Morgan fingerprint density at radius 2 is 2.20 bits per heavy atom. The van der Waals surface area contributed by atoms with Gasteiger partial charge in [0.25, 0.3) is 0 Å². The molecule has 0 spiro atoms. The SMILES string of the molecule is NC(c1cc(F)ccc1F)C1CCCN1. The Morgan fingerprint density at radius 3 is 2.87 bits per heavy atom. The Bertz CT molecular complexity index is 348. The van der Waals surface area contributed by atoms with Crippen LogP contribution in [0.3, 0.4) is 0 Å². The zero-order valence-corrected chi connectivity index (χ0v) is 8.34. The van der Waals surface area contributed by atoms with Gasteiger partial charge in [-0.3, -0.25) is 0 Å². The number of hydrogen-bond donors (Lipinski definition) is 2. The molecule has 1 aromatic carbocycles. The van der Waals surface area contributed by atoms with Gasteiger partial charge >= 0.3 is 0 Å². The summed E-state index contributed by atoms with van der Waals surface area (Å²) in [6.45, 7) is 0.898. The Morgan fingerprint density at radius 1 is 1.40 bits per heavy atom. The van der Waals surface area contributed by atoms with Crippen molar-refractivity contribution in [2.45, 2.75) is 24.9 Å². The van der Waals surface area contributed by atoms with E-state index in [4.69, 9.17) is 5.73 Å². The molecule has 0 amide bonds. The molecule has 2 atom stereocenters. The number of nitrogens with two attached hydrogens (primary N) is 1. The Kier molecular flexibility index (Phi) is 2.98. The summed E-state index contributed by atoms with van der Waals surface area (Å²) in [4.78, 5) is 0. The third-order valence-corrected chi connectivity index (χ3v) is 2.85. The summed E-state index contributed by atoms with van der Waals surface area (Å²) in [5.41, 5.74) is 6.16. The molecule has 3 N–H and O–H groups in total. The first kappa shape index (κ1) is 10.5. The van der Waals surface area contributed by atoms with Crippen LogP contribution in [-0.2, 0) is 0 Å². The van der Waals surface area contributed by atoms with Crippen LogP contribution in [-0.4, -0.2) is 12.6 Å². The van der Waals surface area contributed by atoms with Crippen LogP contribution >= 0.6 is 0 Å². The molecule has 1 heterocycles. The topological polar surface area (TPSA) is 38.0 Å². The van der Waals surface area contributed by atoms with Crippen molar-refractivity contribution >= 4 is 0 Å². The van der Waals surface area contributed by atoms with Gasteiger partial charge in [-0.2, -0.15) is 0 Å². The van der Waals surface area contributed by atoms with Gasteiger partial charge in [0.1, 0.15) is 11.6 Å². The number of nitrogens with one attached hydrogen (secondary N) is 1. The van der Waals surface area contributed by atoms with E-state index < -0.39 is 17.7 Å². The summed E-state index contributed by atoms with van der Waals surface area (Å²) in [6, 6.07) is 3.00. The molecule has 2 nitrogen and oxygen atoms in total. The maximum atomic E-state index is 13.4. The van der Waals surface area contributed by atoms with E-state index in [1.54, 1.807) is 0 Å². The van der Waals surface area contributed by atoms with Gasteiger partial charge in [-0.15, -0.1) is 0 Å². The van der Waals surface area contributed by atoms with Crippen LogP contribution in [0.15, 0.2) is 18.2 Å². The Balaban J connectivity index is 2.23. The number of hydrogen-bond acceptors (Lipinski definition) is 2. The second-order valence-corrected chi connectivity index (χ2v) is 3.89. The fourth-order valence-corrected chi connectivity index (χ4v) is 2.00. The second kappa shape index (κ2) is 4.24. The van der Waals surface area contributed by atoms with Crippen molar-refractivity contribution in [1.29, 1.82) is 0 Å². The van der Waals surface area contributed by atoms with Crippen LogP contribution in [0.5, 0.6) is 0 Å². The highest BCUT2D eigenvalue weighted by atomic mass is 19.1. The van der Waals surface area contributed by atoms with Gasteiger partial charge in [0.15, 0.2) is 0 Å². The summed E-state index contributed by atoms with van der Waals surface area (Å²) in [7, 11) is 0. The average molecular weight is 212 g/mol. The van der Waals surface area contributed by atoms with E-state index in [2.05, 4.69) is 5.32 Å².